The van der Waals surface area contributed by atoms with Gasteiger partial charge in [-0.2, -0.15) is 4.98 Å². The smallest absolute Gasteiger partial charge is 0.321 e. The summed E-state index contributed by atoms with van der Waals surface area (Å²) in [6, 6.07) is 12.6. The Hall–Kier alpha value is -3.75. The molecular formula is C23H24N6O3. The second-order valence-corrected chi connectivity index (χ2v) is 8.21. The summed E-state index contributed by atoms with van der Waals surface area (Å²) in [5, 5.41) is 9.87. The molecule has 2 aromatic heterocycles. The number of rotatable bonds is 5. The van der Waals surface area contributed by atoms with Crippen LogP contribution in [-0.2, 0) is 4.79 Å². The fourth-order valence-electron chi connectivity index (χ4n) is 3.80. The van der Waals surface area contributed by atoms with Crippen molar-refractivity contribution >= 4 is 23.3 Å². The molecule has 1 saturated carbocycles. The van der Waals surface area contributed by atoms with Gasteiger partial charge in [0.25, 0.3) is 0 Å². The molecule has 5 rings (SSSR count). The zero-order chi connectivity index (χ0) is 21.9. The molecule has 0 unspecified atom stereocenters. The highest BCUT2D eigenvalue weighted by Crippen LogP contribution is 2.31. The standard InChI is InChI=1S/C23H24N6O3/c30-21(15-7-8-15)25-17-4-3-5-18(14-17)26-23(31)29-12-9-16(10-13-29)22-27-20(28-32-22)19-6-1-2-11-24-19/h1-6,11,14-16H,7-10,12-13H2,(H,25,30)(H,26,31). The minimum atomic E-state index is -0.158. The van der Waals surface area contributed by atoms with Gasteiger partial charge in [-0.15, -0.1) is 0 Å². The molecule has 2 N–H and O–H groups in total. The lowest BCUT2D eigenvalue weighted by atomic mass is 9.97. The normalized spacial score (nSPS) is 16.6. The number of nitrogens with zero attached hydrogens (tertiary/aromatic N) is 4. The molecule has 1 aliphatic heterocycles. The Morgan fingerprint density at radius 2 is 1.75 bits per heavy atom. The third kappa shape index (κ3) is 4.61. The first-order valence-corrected chi connectivity index (χ1v) is 10.9. The van der Waals surface area contributed by atoms with Gasteiger partial charge in [0.2, 0.25) is 17.6 Å². The Morgan fingerprint density at radius 3 is 2.47 bits per heavy atom. The van der Waals surface area contributed by atoms with Crippen LogP contribution in [0.25, 0.3) is 11.5 Å². The molecule has 3 amide bonds. The molecular weight excluding hydrogens is 408 g/mol. The number of likely N-dealkylation sites (tertiary alicyclic amines) is 1. The van der Waals surface area contributed by atoms with Crippen molar-refractivity contribution in [3.63, 3.8) is 0 Å². The quantitative estimate of drug-likeness (QED) is 0.632. The Morgan fingerprint density at radius 1 is 0.969 bits per heavy atom. The van der Waals surface area contributed by atoms with E-state index in [1.807, 2.05) is 36.4 Å². The van der Waals surface area contributed by atoms with Gasteiger partial charge < -0.3 is 20.1 Å². The number of pyridine rings is 1. The van der Waals surface area contributed by atoms with Crippen molar-refractivity contribution in [3.05, 3.63) is 54.6 Å². The van der Waals surface area contributed by atoms with Crippen molar-refractivity contribution in [2.24, 2.45) is 5.92 Å². The fraction of sp³-hybridized carbons (Fsp3) is 0.348. The van der Waals surface area contributed by atoms with E-state index in [0.717, 1.165) is 25.7 Å². The van der Waals surface area contributed by atoms with Gasteiger partial charge in [-0.3, -0.25) is 9.78 Å². The molecule has 9 heteroatoms. The monoisotopic (exact) mass is 432 g/mol. The van der Waals surface area contributed by atoms with Crippen molar-refractivity contribution in [2.45, 2.75) is 31.6 Å². The molecule has 3 heterocycles. The Labute approximate surface area is 185 Å². The summed E-state index contributed by atoms with van der Waals surface area (Å²) in [6.45, 7) is 1.19. The summed E-state index contributed by atoms with van der Waals surface area (Å²) < 4.78 is 5.46. The molecule has 2 fully saturated rings. The number of aromatic nitrogens is 3. The number of anilines is 2. The average Bonchev–Trinajstić information content (AvgIpc) is 3.57. The zero-order valence-electron chi connectivity index (χ0n) is 17.5. The van der Waals surface area contributed by atoms with E-state index in [-0.39, 0.29) is 23.8 Å². The first-order chi connectivity index (χ1) is 15.7. The van der Waals surface area contributed by atoms with E-state index in [2.05, 4.69) is 25.8 Å². The molecule has 2 aliphatic rings. The highest BCUT2D eigenvalue weighted by atomic mass is 16.5. The topological polar surface area (TPSA) is 113 Å². The summed E-state index contributed by atoms with van der Waals surface area (Å²) in [5.41, 5.74) is 2.02. The molecule has 1 aromatic carbocycles. The number of piperidine rings is 1. The minimum absolute atomic E-state index is 0.0442. The molecule has 0 spiro atoms. The number of hydrogen-bond donors (Lipinski definition) is 2. The van der Waals surface area contributed by atoms with Crippen molar-refractivity contribution < 1.29 is 14.1 Å². The lowest BCUT2D eigenvalue weighted by molar-refractivity contribution is -0.117. The van der Waals surface area contributed by atoms with E-state index < -0.39 is 0 Å². The molecule has 32 heavy (non-hydrogen) atoms. The van der Waals surface area contributed by atoms with Gasteiger partial charge in [0, 0.05) is 42.5 Å². The van der Waals surface area contributed by atoms with E-state index in [9.17, 15) is 9.59 Å². The number of amides is 3. The van der Waals surface area contributed by atoms with Crippen molar-refractivity contribution in [1.82, 2.24) is 20.0 Å². The minimum Gasteiger partial charge on any atom is -0.339 e. The predicted molar refractivity (Wildman–Crippen MR) is 118 cm³/mol. The lowest BCUT2D eigenvalue weighted by Gasteiger charge is -2.30. The number of hydrogen-bond acceptors (Lipinski definition) is 6. The lowest BCUT2D eigenvalue weighted by Crippen LogP contribution is -2.40. The van der Waals surface area contributed by atoms with Crippen LogP contribution in [0.4, 0.5) is 16.2 Å². The number of carbonyl (C=O) groups excluding carboxylic acids is 2. The molecule has 0 atom stereocenters. The van der Waals surface area contributed by atoms with Crippen molar-refractivity contribution in [1.29, 1.82) is 0 Å². The molecule has 164 valence electrons. The van der Waals surface area contributed by atoms with E-state index in [1.54, 1.807) is 17.2 Å². The maximum absolute atomic E-state index is 12.7. The summed E-state index contributed by atoms with van der Waals surface area (Å²) in [6.07, 6.45) is 5.08. The van der Waals surface area contributed by atoms with E-state index in [1.165, 1.54) is 0 Å². The summed E-state index contributed by atoms with van der Waals surface area (Å²) in [4.78, 5) is 35.2. The summed E-state index contributed by atoms with van der Waals surface area (Å²) in [5.74, 6) is 1.36. The third-order valence-corrected chi connectivity index (χ3v) is 5.80. The van der Waals surface area contributed by atoms with Gasteiger partial charge in [0.05, 0.1) is 0 Å². The second-order valence-electron chi connectivity index (χ2n) is 8.21. The van der Waals surface area contributed by atoms with Gasteiger partial charge in [-0.05, 0) is 56.0 Å². The average molecular weight is 432 g/mol. The maximum Gasteiger partial charge on any atom is 0.321 e. The fourth-order valence-corrected chi connectivity index (χ4v) is 3.80. The maximum atomic E-state index is 12.7. The third-order valence-electron chi connectivity index (χ3n) is 5.80. The number of nitrogens with one attached hydrogen (secondary N) is 2. The SMILES string of the molecule is O=C(Nc1cccc(NC(=O)N2CCC(c3nc(-c4ccccn4)no3)CC2)c1)C1CC1. The number of urea groups is 1. The van der Waals surface area contributed by atoms with Gasteiger partial charge in [-0.25, -0.2) is 4.79 Å². The van der Waals surface area contributed by atoms with Crippen LogP contribution in [-0.4, -0.2) is 45.1 Å². The van der Waals surface area contributed by atoms with Crippen LogP contribution < -0.4 is 10.6 Å². The molecule has 1 aliphatic carbocycles. The van der Waals surface area contributed by atoms with Crippen LogP contribution in [0, 0.1) is 5.92 Å². The second kappa shape index (κ2) is 8.78. The van der Waals surface area contributed by atoms with Crippen LogP contribution in [0.15, 0.2) is 53.2 Å². The largest absolute Gasteiger partial charge is 0.339 e. The van der Waals surface area contributed by atoms with Crippen LogP contribution in [0.1, 0.15) is 37.5 Å². The Balaban J connectivity index is 1.15. The van der Waals surface area contributed by atoms with Gasteiger partial charge >= 0.3 is 6.03 Å². The molecule has 0 radical (unpaired) electrons. The van der Waals surface area contributed by atoms with E-state index in [0.29, 0.717) is 41.9 Å². The summed E-state index contributed by atoms with van der Waals surface area (Å²) in [7, 11) is 0. The van der Waals surface area contributed by atoms with Crippen LogP contribution >= 0.6 is 0 Å². The van der Waals surface area contributed by atoms with Crippen LogP contribution in [0.5, 0.6) is 0 Å². The predicted octanol–water partition coefficient (Wildman–Crippen LogP) is 3.89. The molecule has 1 saturated heterocycles. The molecule has 3 aromatic rings. The van der Waals surface area contributed by atoms with Gasteiger partial charge in [0.1, 0.15) is 5.69 Å². The van der Waals surface area contributed by atoms with Crippen molar-refractivity contribution in [3.8, 4) is 11.5 Å². The zero-order valence-corrected chi connectivity index (χ0v) is 17.5. The molecule has 9 nitrogen and oxygen atoms in total. The van der Waals surface area contributed by atoms with Crippen molar-refractivity contribution in [2.75, 3.05) is 23.7 Å². The molecule has 0 bridgehead atoms. The highest BCUT2D eigenvalue weighted by Gasteiger charge is 2.30. The summed E-state index contributed by atoms with van der Waals surface area (Å²) >= 11 is 0. The van der Waals surface area contributed by atoms with E-state index in [4.69, 9.17) is 4.52 Å². The number of carbonyl (C=O) groups is 2. The number of benzene rings is 1. The van der Waals surface area contributed by atoms with Crippen LogP contribution in [0.3, 0.4) is 0 Å². The van der Waals surface area contributed by atoms with E-state index >= 15 is 0 Å². The first-order valence-electron chi connectivity index (χ1n) is 10.9. The Kier molecular flexibility index (Phi) is 5.53. The van der Waals surface area contributed by atoms with Crippen LogP contribution in [0.2, 0.25) is 0 Å². The van der Waals surface area contributed by atoms with Gasteiger partial charge in [-0.1, -0.05) is 17.3 Å². The Bertz CT molecular complexity index is 1100. The van der Waals surface area contributed by atoms with Gasteiger partial charge in [0.15, 0.2) is 0 Å². The first kappa shape index (κ1) is 20.2. The highest BCUT2D eigenvalue weighted by molar-refractivity contribution is 5.95.